The molecule has 3 rings (SSSR count). The van der Waals surface area contributed by atoms with Gasteiger partial charge in [-0.05, 0) is 19.1 Å². The number of hydrogen-bond donors (Lipinski definition) is 2. The van der Waals surface area contributed by atoms with E-state index in [-0.39, 0.29) is 12.4 Å². The second kappa shape index (κ2) is 8.07. The number of fused-ring (bicyclic) bond motifs is 1. The SMILES string of the molecule is COCC(=O)NOc1ccnc(CS(=O)c2nc3ccccc3[nH]2)c1C. The number of H-pyrrole nitrogens is 1. The molecule has 1 amide bonds. The number of aromatic nitrogens is 3. The first-order valence-electron chi connectivity index (χ1n) is 7.80. The van der Waals surface area contributed by atoms with Crippen LogP contribution in [0.3, 0.4) is 0 Å². The molecule has 0 spiro atoms. The van der Waals surface area contributed by atoms with Crippen molar-refractivity contribution in [2.75, 3.05) is 13.7 Å². The molecule has 0 saturated carbocycles. The number of carbonyl (C=O) groups is 1. The number of aromatic amines is 1. The van der Waals surface area contributed by atoms with Crippen molar-refractivity contribution in [3.8, 4) is 5.75 Å². The van der Waals surface area contributed by atoms with Crippen molar-refractivity contribution in [2.45, 2.75) is 17.8 Å². The third-order valence-electron chi connectivity index (χ3n) is 3.66. The number of rotatable bonds is 7. The van der Waals surface area contributed by atoms with E-state index in [0.717, 1.165) is 11.0 Å². The van der Waals surface area contributed by atoms with Crippen LogP contribution >= 0.6 is 0 Å². The maximum Gasteiger partial charge on any atom is 0.278 e. The zero-order chi connectivity index (χ0) is 18.5. The highest BCUT2D eigenvalue weighted by Gasteiger charge is 2.15. The average molecular weight is 374 g/mol. The number of amides is 1. The molecule has 0 aliphatic carbocycles. The number of para-hydroxylation sites is 2. The van der Waals surface area contributed by atoms with E-state index >= 15 is 0 Å². The molecule has 136 valence electrons. The first kappa shape index (κ1) is 18.0. The van der Waals surface area contributed by atoms with E-state index in [0.29, 0.717) is 22.2 Å². The van der Waals surface area contributed by atoms with E-state index in [4.69, 9.17) is 9.57 Å². The summed E-state index contributed by atoms with van der Waals surface area (Å²) in [5.74, 6) is 0.201. The van der Waals surface area contributed by atoms with Crippen LogP contribution in [0.25, 0.3) is 11.0 Å². The number of ether oxygens (including phenoxy) is 1. The molecule has 8 nitrogen and oxygen atoms in total. The van der Waals surface area contributed by atoms with Crippen molar-refractivity contribution >= 4 is 27.7 Å². The van der Waals surface area contributed by atoms with Crippen molar-refractivity contribution in [1.29, 1.82) is 0 Å². The zero-order valence-corrected chi connectivity index (χ0v) is 15.1. The number of imidazole rings is 1. The normalized spacial score (nSPS) is 12.1. The van der Waals surface area contributed by atoms with Crippen molar-refractivity contribution in [3.63, 3.8) is 0 Å². The van der Waals surface area contributed by atoms with Crippen LogP contribution in [0.4, 0.5) is 0 Å². The van der Waals surface area contributed by atoms with Gasteiger partial charge in [0.15, 0.2) is 10.9 Å². The predicted molar refractivity (Wildman–Crippen MR) is 95.8 cm³/mol. The zero-order valence-electron chi connectivity index (χ0n) is 14.3. The van der Waals surface area contributed by atoms with E-state index in [1.807, 2.05) is 24.3 Å². The van der Waals surface area contributed by atoms with Gasteiger partial charge in [-0.3, -0.25) is 14.0 Å². The van der Waals surface area contributed by atoms with Crippen LogP contribution in [-0.4, -0.2) is 38.8 Å². The van der Waals surface area contributed by atoms with Gasteiger partial charge in [0.2, 0.25) is 0 Å². The highest BCUT2D eigenvalue weighted by Crippen LogP contribution is 2.21. The second-order valence-corrected chi connectivity index (χ2v) is 6.86. The van der Waals surface area contributed by atoms with Crippen LogP contribution in [0.2, 0.25) is 0 Å². The number of hydroxylamine groups is 1. The summed E-state index contributed by atoms with van der Waals surface area (Å²) >= 11 is 0. The molecule has 1 atom stereocenters. The lowest BCUT2D eigenvalue weighted by Gasteiger charge is -2.11. The summed E-state index contributed by atoms with van der Waals surface area (Å²) in [6.07, 6.45) is 1.54. The smallest absolute Gasteiger partial charge is 0.278 e. The second-order valence-electron chi connectivity index (χ2n) is 5.49. The Hall–Kier alpha value is -2.78. The van der Waals surface area contributed by atoms with Gasteiger partial charge in [0.05, 0.1) is 33.3 Å². The molecule has 0 radical (unpaired) electrons. The van der Waals surface area contributed by atoms with Gasteiger partial charge < -0.3 is 14.6 Å². The molecule has 0 aliphatic heterocycles. The van der Waals surface area contributed by atoms with Gasteiger partial charge in [-0.2, -0.15) is 5.48 Å². The topological polar surface area (TPSA) is 106 Å². The average Bonchev–Trinajstić information content (AvgIpc) is 3.07. The van der Waals surface area contributed by atoms with Gasteiger partial charge in [-0.25, -0.2) is 4.98 Å². The highest BCUT2D eigenvalue weighted by atomic mass is 32.2. The molecular weight excluding hydrogens is 356 g/mol. The largest absolute Gasteiger partial charge is 0.379 e. The molecule has 0 aliphatic rings. The number of nitrogens with one attached hydrogen (secondary N) is 2. The van der Waals surface area contributed by atoms with E-state index < -0.39 is 16.7 Å². The molecule has 2 aromatic heterocycles. The molecule has 2 N–H and O–H groups in total. The lowest BCUT2D eigenvalue weighted by molar-refractivity contribution is -0.131. The number of hydrogen-bond acceptors (Lipinski definition) is 6. The number of pyridine rings is 1. The lowest BCUT2D eigenvalue weighted by Crippen LogP contribution is -2.30. The maximum atomic E-state index is 12.6. The molecule has 1 unspecified atom stereocenters. The van der Waals surface area contributed by atoms with E-state index in [1.165, 1.54) is 13.3 Å². The molecule has 0 bridgehead atoms. The third-order valence-corrected chi connectivity index (χ3v) is 4.82. The maximum absolute atomic E-state index is 12.6. The van der Waals surface area contributed by atoms with E-state index in [9.17, 15) is 9.00 Å². The molecule has 9 heteroatoms. The van der Waals surface area contributed by atoms with Crippen LogP contribution in [-0.2, 0) is 26.1 Å². The minimum Gasteiger partial charge on any atom is -0.379 e. The molecule has 1 aromatic carbocycles. The summed E-state index contributed by atoms with van der Waals surface area (Å²) in [5.41, 5.74) is 5.17. The number of nitrogens with zero attached hydrogens (tertiary/aromatic N) is 2. The Labute approximate surface area is 152 Å². The summed E-state index contributed by atoms with van der Waals surface area (Å²) in [4.78, 5) is 28.4. The van der Waals surface area contributed by atoms with Crippen molar-refractivity contribution in [2.24, 2.45) is 0 Å². The van der Waals surface area contributed by atoms with Crippen LogP contribution < -0.4 is 10.3 Å². The Morgan fingerprint density at radius 3 is 2.88 bits per heavy atom. The quantitative estimate of drug-likeness (QED) is 0.609. The standard InChI is InChI=1S/C17H18N4O4S/c1-11-14(18-8-7-15(11)25-21-16(22)9-24-2)10-26(23)17-19-12-5-3-4-6-13(12)20-17/h3-8H,9-10H2,1-2H3,(H,19,20)(H,21,22). The Morgan fingerprint density at radius 1 is 1.31 bits per heavy atom. The van der Waals surface area contributed by atoms with Gasteiger partial charge in [0.1, 0.15) is 6.61 Å². The van der Waals surface area contributed by atoms with Gasteiger partial charge in [-0.1, -0.05) is 12.1 Å². The summed E-state index contributed by atoms with van der Waals surface area (Å²) in [6, 6.07) is 9.12. The molecule has 3 aromatic rings. The number of carbonyl (C=O) groups excluding carboxylic acids is 1. The van der Waals surface area contributed by atoms with Crippen molar-refractivity contribution < 1.29 is 18.6 Å². The molecule has 2 heterocycles. The monoisotopic (exact) mass is 374 g/mol. The lowest BCUT2D eigenvalue weighted by atomic mass is 10.2. The van der Waals surface area contributed by atoms with E-state index in [1.54, 1.807) is 13.0 Å². The minimum absolute atomic E-state index is 0.104. The Kier molecular flexibility index (Phi) is 5.59. The van der Waals surface area contributed by atoms with Crippen molar-refractivity contribution in [1.82, 2.24) is 20.4 Å². The first-order chi connectivity index (χ1) is 12.6. The van der Waals surface area contributed by atoms with Gasteiger partial charge in [-0.15, -0.1) is 0 Å². The van der Waals surface area contributed by atoms with Gasteiger partial charge >= 0.3 is 0 Å². The van der Waals surface area contributed by atoms with Crippen LogP contribution in [0.1, 0.15) is 11.3 Å². The Bertz CT molecular complexity index is 924. The third kappa shape index (κ3) is 4.06. The Balaban J connectivity index is 1.73. The number of methoxy groups -OCH3 is 1. The molecule has 0 saturated heterocycles. The highest BCUT2D eigenvalue weighted by molar-refractivity contribution is 7.84. The number of benzene rings is 1. The fraction of sp³-hybridized carbons (Fsp3) is 0.235. The molecule has 0 fully saturated rings. The Morgan fingerprint density at radius 2 is 2.12 bits per heavy atom. The van der Waals surface area contributed by atoms with Crippen LogP contribution in [0, 0.1) is 6.92 Å². The summed E-state index contributed by atoms with van der Waals surface area (Å²) < 4.78 is 17.4. The van der Waals surface area contributed by atoms with E-state index in [2.05, 4.69) is 20.4 Å². The van der Waals surface area contributed by atoms with Crippen molar-refractivity contribution in [3.05, 3.63) is 47.8 Å². The van der Waals surface area contributed by atoms with Crippen LogP contribution in [0.15, 0.2) is 41.7 Å². The summed E-state index contributed by atoms with van der Waals surface area (Å²) in [6.45, 7) is 1.68. The minimum atomic E-state index is -1.39. The molecular formula is C17H18N4O4S. The fourth-order valence-electron chi connectivity index (χ4n) is 2.32. The summed E-state index contributed by atoms with van der Waals surface area (Å²) in [7, 11) is 0.0260. The summed E-state index contributed by atoms with van der Waals surface area (Å²) in [5, 5.41) is 0.395. The van der Waals surface area contributed by atoms with Crippen LogP contribution in [0.5, 0.6) is 5.75 Å². The predicted octanol–water partition coefficient (Wildman–Crippen LogP) is 1.63. The first-order valence-corrected chi connectivity index (χ1v) is 9.12. The van der Waals surface area contributed by atoms with Gasteiger partial charge in [0.25, 0.3) is 5.91 Å². The van der Waals surface area contributed by atoms with Gasteiger partial charge in [0, 0.05) is 24.9 Å². The fourth-order valence-corrected chi connectivity index (χ4v) is 3.42. The molecule has 26 heavy (non-hydrogen) atoms.